The maximum atomic E-state index is 8.56. The fourth-order valence-corrected chi connectivity index (χ4v) is 2.46. The first-order chi connectivity index (χ1) is 17.8. The molecular weight excluding hydrogens is 476 g/mol. The van der Waals surface area contributed by atoms with E-state index < -0.39 is 0 Å². The maximum absolute atomic E-state index is 8.56. The predicted molar refractivity (Wildman–Crippen MR) is 135 cm³/mol. The fourth-order valence-electron chi connectivity index (χ4n) is 2.46. The van der Waals surface area contributed by atoms with Crippen LogP contribution in [0.5, 0.6) is 0 Å². The lowest BCUT2D eigenvalue weighted by Gasteiger charge is -2.09. The minimum absolute atomic E-state index is 0.0299. The van der Waals surface area contributed by atoms with Crippen molar-refractivity contribution in [3.8, 4) is 0 Å². The smallest absolute Gasteiger partial charge is 0.0701 e. The van der Waals surface area contributed by atoms with Crippen molar-refractivity contribution in [3.63, 3.8) is 0 Å². The van der Waals surface area contributed by atoms with Gasteiger partial charge >= 0.3 is 0 Å². The van der Waals surface area contributed by atoms with Gasteiger partial charge in [0.15, 0.2) is 0 Å². The zero-order valence-corrected chi connectivity index (χ0v) is 22.7. The second kappa shape index (κ2) is 32.6. The lowest BCUT2D eigenvalue weighted by Crippen LogP contribution is -2.15. The van der Waals surface area contributed by atoms with Crippen molar-refractivity contribution in [2.75, 3.05) is 139 Å². The summed E-state index contributed by atoms with van der Waals surface area (Å²) in [7, 11) is 0. The van der Waals surface area contributed by atoms with Gasteiger partial charge < -0.3 is 52.5 Å². The van der Waals surface area contributed by atoms with Gasteiger partial charge in [0.1, 0.15) is 0 Å². The Balaban J connectivity index is 3.01. The van der Waals surface area contributed by atoms with E-state index in [9.17, 15) is 0 Å². The monoisotopic (exact) mass is 528 g/mol. The molecule has 0 spiro atoms. The SMILES string of the molecule is CC(C)CCOCCOCCOCCOCCOCCOCCOCCOCCOCCOCCO. The van der Waals surface area contributed by atoms with E-state index in [0.717, 1.165) is 13.0 Å². The Morgan fingerprint density at radius 3 is 0.722 bits per heavy atom. The second-order valence-electron chi connectivity index (χ2n) is 8.03. The van der Waals surface area contributed by atoms with Crippen LogP contribution in [0.4, 0.5) is 0 Å². The summed E-state index contributed by atoms with van der Waals surface area (Å²) in [5, 5.41) is 8.56. The summed E-state index contributed by atoms with van der Waals surface area (Å²) < 4.78 is 53.9. The average Bonchev–Trinajstić information content (AvgIpc) is 2.87. The number of ether oxygens (including phenoxy) is 10. The van der Waals surface area contributed by atoms with Crippen LogP contribution in [0, 0.1) is 5.92 Å². The van der Waals surface area contributed by atoms with Crippen molar-refractivity contribution < 1.29 is 52.5 Å². The Morgan fingerprint density at radius 2 is 0.528 bits per heavy atom. The normalized spacial score (nSPS) is 11.7. The molecule has 1 N–H and O–H groups in total. The lowest BCUT2D eigenvalue weighted by atomic mass is 10.1. The van der Waals surface area contributed by atoms with Gasteiger partial charge in [-0.3, -0.25) is 0 Å². The molecule has 218 valence electrons. The van der Waals surface area contributed by atoms with Crippen molar-refractivity contribution in [2.24, 2.45) is 5.92 Å². The van der Waals surface area contributed by atoms with E-state index in [1.807, 2.05) is 0 Å². The number of hydrogen-bond acceptors (Lipinski definition) is 11. The van der Waals surface area contributed by atoms with Crippen LogP contribution < -0.4 is 0 Å². The number of aliphatic hydroxyl groups excluding tert-OH is 1. The first-order valence-electron chi connectivity index (χ1n) is 13.2. The van der Waals surface area contributed by atoms with E-state index in [0.29, 0.717) is 131 Å². The average molecular weight is 529 g/mol. The molecule has 0 saturated carbocycles. The van der Waals surface area contributed by atoms with Crippen LogP contribution >= 0.6 is 0 Å². The molecule has 0 aliphatic rings. The van der Waals surface area contributed by atoms with Crippen molar-refractivity contribution in [1.82, 2.24) is 0 Å². The number of hydrogen-bond donors (Lipinski definition) is 1. The molecule has 0 rings (SSSR count). The largest absolute Gasteiger partial charge is 0.394 e. The molecule has 0 unspecified atom stereocenters. The van der Waals surface area contributed by atoms with Gasteiger partial charge in [-0.1, -0.05) is 13.8 Å². The summed E-state index contributed by atoms with van der Waals surface area (Å²) in [5.74, 6) is 0.670. The Bertz CT molecular complexity index is 389. The Labute approximate surface area is 217 Å². The zero-order chi connectivity index (χ0) is 26.2. The number of aliphatic hydroxyl groups is 1. The molecule has 0 saturated heterocycles. The van der Waals surface area contributed by atoms with Gasteiger partial charge in [-0.15, -0.1) is 0 Å². The molecule has 11 heteroatoms. The zero-order valence-electron chi connectivity index (χ0n) is 22.7. The van der Waals surface area contributed by atoms with Gasteiger partial charge in [0.05, 0.1) is 132 Å². The molecule has 0 aromatic rings. The molecule has 0 amide bonds. The van der Waals surface area contributed by atoms with E-state index in [-0.39, 0.29) is 6.61 Å². The van der Waals surface area contributed by atoms with Crippen LogP contribution in [-0.2, 0) is 47.4 Å². The van der Waals surface area contributed by atoms with Crippen LogP contribution in [0.25, 0.3) is 0 Å². The summed E-state index contributed by atoms with van der Waals surface area (Å²) in [6.45, 7) is 15.1. The standard InChI is InChI=1S/C25H52O11/c1-25(2)3-5-27-7-9-29-11-13-31-15-17-33-19-21-35-23-24-36-22-20-34-18-16-32-14-12-30-10-8-28-6-4-26/h25-26H,3-24H2,1-2H3. The summed E-state index contributed by atoms with van der Waals surface area (Å²) >= 11 is 0. The molecule has 0 fully saturated rings. The highest BCUT2D eigenvalue weighted by Crippen LogP contribution is 1.98. The summed E-state index contributed by atoms with van der Waals surface area (Å²) in [6, 6.07) is 0. The highest BCUT2D eigenvalue weighted by atomic mass is 16.6. The molecule has 0 bridgehead atoms. The fraction of sp³-hybridized carbons (Fsp3) is 1.00. The topological polar surface area (TPSA) is 113 Å². The highest BCUT2D eigenvalue weighted by Gasteiger charge is 1.96. The van der Waals surface area contributed by atoms with E-state index >= 15 is 0 Å². The first-order valence-corrected chi connectivity index (χ1v) is 13.2. The number of rotatable bonds is 32. The van der Waals surface area contributed by atoms with Crippen molar-refractivity contribution in [2.45, 2.75) is 20.3 Å². The van der Waals surface area contributed by atoms with E-state index in [1.165, 1.54) is 0 Å². The van der Waals surface area contributed by atoms with E-state index in [1.54, 1.807) is 0 Å². The molecule has 0 aromatic heterocycles. The third-order valence-corrected chi connectivity index (χ3v) is 4.42. The van der Waals surface area contributed by atoms with Crippen LogP contribution in [0.3, 0.4) is 0 Å². The molecule has 36 heavy (non-hydrogen) atoms. The van der Waals surface area contributed by atoms with Gasteiger partial charge in [0.25, 0.3) is 0 Å². The van der Waals surface area contributed by atoms with Crippen LogP contribution in [-0.4, -0.2) is 144 Å². The van der Waals surface area contributed by atoms with Crippen molar-refractivity contribution in [3.05, 3.63) is 0 Å². The Kier molecular flexibility index (Phi) is 32.2. The molecule has 0 aromatic carbocycles. The Morgan fingerprint density at radius 1 is 0.333 bits per heavy atom. The van der Waals surface area contributed by atoms with Gasteiger partial charge in [-0.2, -0.15) is 0 Å². The maximum Gasteiger partial charge on any atom is 0.0701 e. The van der Waals surface area contributed by atoms with Crippen LogP contribution in [0.1, 0.15) is 20.3 Å². The summed E-state index contributed by atoms with van der Waals surface area (Å²) in [6.07, 6.45) is 1.08. The van der Waals surface area contributed by atoms with Gasteiger partial charge in [-0.05, 0) is 12.3 Å². The molecule has 0 radical (unpaired) electrons. The van der Waals surface area contributed by atoms with Gasteiger partial charge in [-0.25, -0.2) is 0 Å². The van der Waals surface area contributed by atoms with Gasteiger partial charge in [0, 0.05) is 6.61 Å². The predicted octanol–water partition coefficient (Wildman–Crippen LogP) is 1.19. The second-order valence-corrected chi connectivity index (χ2v) is 8.03. The Hall–Kier alpha value is -0.440. The third kappa shape index (κ3) is 33.6. The van der Waals surface area contributed by atoms with Crippen LogP contribution in [0.15, 0.2) is 0 Å². The molecular formula is C25H52O11. The van der Waals surface area contributed by atoms with Crippen molar-refractivity contribution in [1.29, 1.82) is 0 Å². The molecule has 0 atom stereocenters. The molecule has 0 heterocycles. The van der Waals surface area contributed by atoms with Crippen LogP contribution in [0.2, 0.25) is 0 Å². The summed E-state index contributed by atoms with van der Waals surface area (Å²) in [4.78, 5) is 0. The lowest BCUT2D eigenvalue weighted by molar-refractivity contribution is -0.0269. The quantitative estimate of drug-likeness (QED) is 0.127. The molecule has 0 aliphatic heterocycles. The van der Waals surface area contributed by atoms with E-state index in [2.05, 4.69) is 13.8 Å². The van der Waals surface area contributed by atoms with Crippen molar-refractivity contribution >= 4 is 0 Å². The summed E-state index contributed by atoms with van der Waals surface area (Å²) in [5.41, 5.74) is 0. The third-order valence-electron chi connectivity index (χ3n) is 4.42. The molecule has 11 nitrogen and oxygen atoms in total. The first kappa shape index (κ1) is 35.6. The molecule has 0 aliphatic carbocycles. The highest BCUT2D eigenvalue weighted by molar-refractivity contribution is 4.43. The van der Waals surface area contributed by atoms with Gasteiger partial charge in [0.2, 0.25) is 0 Å². The van der Waals surface area contributed by atoms with E-state index in [4.69, 9.17) is 52.5 Å². The minimum atomic E-state index is 0.0299. The minimum Gasteiger partial charge on any atom is -0.394 e.